The van der Waals surface area contributed by atoms with Crippen molar-refractivity contribution in [2.75, 3.05) is 7.11 Å². The van der Waals surface area contributed by atoms with Gasteiger partial charge in [-0.15, -0.1) is 0 Å². The summed E-state index contributed by atoms with van der Waals surface area (Å²) in [4.78, 5) is 13.0. The number of methoxy groups -OCH3 is 1. The molecule has 0 aliphatic carbocycles. The number of carbonyl (C=O) groups excluding carboxylic acids is 1. The Morgan fingerprint density at radius 1 is 1.00 bits per heavy atom. The van der Waals surface area contributed by atoms with Gasteiger partial charge in [-0.25, -0.2) is 0 Å². The Labute approximate surface area is 164 Å². The zero-order valence-electron chi connectivity index (χ0n) is 16.0. The van der Waals surface area contributed by atoms with Gasteiger partial charge in [0.25, 0.3) is 0 Å². The molecule has 4 heteroatoms. The zero-order chi connectivity index (χ0) is 19.5. The summed E-state index contributed by atoms with van der Waals surface area (Å²) in [5.41, 5.74) is 3.96. The van der Waals surface area contributed by atoms with Crippen LogP contribution in [0, 0.1) is 6.92 Å². The predicted octanol–water partition coefficient (Wildman–Crippen LogP) is 5.22. The second kappa shape index (κ2) is 7.69. The van der Waals surface area contributed by atoms with Gasteiger partial charge < -0.3 is 4.74 Å². The van der Waals surface area contributed by atoms with Crippen molar-refractivity contribution >= 4 is 16.7 Å². The molecule has 0 amide bonds. The first kappa shape index (κ1) is 18.0. The van der Waals surface area contributed by atoms with E-state index in [2.05, 4.69) is 36.3 Å². The Kier molecular flexibility index (Phi) is 4.94. The van der Waals surface area contributed by atoms with E-state index in [4.69, 9.17) is 4.74 Å². The summed E-state index contributed by atoms with van der Waals surface area (Å²) in [5, 5.41) is 5.68. The highest BCUT2D eigenvalue weighted by molar-refractivity contribution is 5.96. The molecule has 0 aliphatic rings. The number of nitrogens with zero attached hydrogens (tertiary/aromatic N) is 2. The molecule has 4 rings (SSSR count). The van der Waals surface area contributed by atoms with E-state index in [1.807, 2.05) is 59.4 Å². The van der Waals surface area contributed by atoms with E-state index in [0.717, 1.165) is 22.2 Å². The maximum absolute atomic E-state index is 13.0. The molecule has 0 saturated heterocycles. The lowest BCUT2D eigenvalue weighted by Crippen LogP contribution is -2.17. The van der Waals surface area contributed by atoms with Crippen LogP contribution in [-0.4, -0.2) is 22.7 Å². The molecule has 1 atom stereocenters. The van der Waals surface area contributed by atoms with Crippen molar-refractivity contribution in [3.8, 4) is 5.75 Å². The topological polar surface area (TPSA) is 44.1 Å². The summed E-state index contributed by atoms with van der Waals surface area (Å²) in [6.07, 6.45) is 2.19. The van der Waals surface area contributed by atoms with Crippen molar-refractivity contribution in [3.05, 3.63) is 95.7 Å². The fourth-order valence-corrected chi connectivity index (χ4v) is 3.44. The quantitative estimate of drug-likeness (QED) is 0.437. The van der Waals surface area contributed by atoms with Gasteiger partial charge >= 0.3 is 0 Å². The minimum absolute atomic E-state index is 0.0767. The molecule has 28 heavy (non-hydrogen) atoms. The van der Waals surface area contributed by atoms with E-state index in [9.17, 15) is 4.79 Å². The molecule has 0 aliphatic heterocycles. The Balaban J connectivity index is 1.72. The molecule has 1 aromatic heterocycles. The third-order valence-electron chi connectivity index (χ3n) is 5.05. The molecule has 4 aromatic rings. The van der Waals surface area contributed by atoms with Gasteiger partial charge in [-0.2, -0.15) is 5.10 Å². The van der Waals surface area contributed by atoms with Crippen LogP contribution >= 0.6 is 0 Å². The van der Waals surface area contributed by atoms with E-state index in [1.54, 1.807) is 7.11 Å². The molecular weight excluding hydrogens is 348 g/mol. The average molecular weight is 370 g/mol. The Hall–Kier alpha value is -3.40. The smallest absolute Gasteiger partial charge is 0.165 e. The van der Waals surface area contributed by atoms with Crippen LogP contribution in [0.25, 0.3) is 10.9 Å². The fraction of sp³-hybridized carbons (Fsp3) is 0.167. The molecule has 0 bridgehead atoms. The van der Waals surface area contributed by atoms with Gasteiger partial charge in [0, 0.05) is 17.4 Å². The number of ether oxygens (including phenoxy) is 1. The number of para-hydroxylation sites is 1. The van der Waals surface area contributed by atoms with Crippen molar-refractivity contribution in [1.29, 1.82) is 0 Å². The van der Waals surface area contributed by atoms with Crippen LogP contribution in [0.1, 0.15) is 33.9 Å². The highest BCUT2D eigenvalue weighted by Gasteiger charge is 2.21. The fourth-order valence-electron chi connectivity index (χ4n) is 3.44. The van der Waals surface area contributed by atoms with Crippen LogP contribution in [0.2, 0.25) is 0 Å². The SMILES string of the molecule is COc1ccc(C(=O)CC(c2ccc(C)cc2)n2ncc3ccccc32)cc1. The number of carbonyl (C=O) groups is 1. The van der Waals surface area contributed by atoms with Gasteiger partial charge in [0.1, 0.15) is 5.75 Å². The van der Waals surface area contributed by atoms with E-state index in [1.165, 1.54) is 5.56 Å². The lowest BCUT2D eigenvalue weighted by atomic mass is 9.97. The Bertz CT molecular complexity index is 1100. The first-order valence-electron chi connectivity index (χ1n) is 9.32. The summed E-state index contributed by atoms with van der Waals surface area (Å²) in [6.45, 7) is 2.06. The van der Waals surface area contributed by atoms with Crippen molar-refractivity contribution in [1.82, 2.24) is 9.78 Å². The average Bonchev–Trinajstić information content (AvgIpc) is 3.16. The van der Waals surface area contributed by atoms with Crippen LogP contribution in [0.5, 0.6) is 5.75 Å². The van der Waals surface area contributed by atoms with Crippen molar-refractivity contribution < 1.29 is 9.53 Å². The number of hydrogen-bond donors (Lipinski definition) is 0. The molecule has 1 unspecified atom stereocenters. The molecule has 4 nitrogen and oxygen atoms in total. The number of rotatable bonds is 6. The van der Waals surface area contributed by atoms with E-state index in [-0.39, 0.29) is 11.8 Å². The molecule has 140 valence electrons. The Morgan fingerprint density at radius 3 is 2.43 bits per heavy atom. The minimum atomic E-state index is -0.171. The largest absolute Gasteiger partial charge is 0.497 e. The first-order valence-corrected chi connectivity index (χ1v) is 9.32. The van der Waals surface area contributed by atoms with Crippen LogP contribution in [0.15, 0.2) is 79.0 Å². The van der Waals surface area contributed by atoms with Gasteiger partial charge in [0.2, 0.25) is 0 Å². The second-order valence-electron chi connectivity index (χ2n) is 6.93. The van der Waals surface area contributed by atoms with Crippen molar-refractivity contribution in [2.45, 2.75) is 19.4 Å². The zero-order valence-corrected chi connectivity index (χ0v) is 16.0. The standard InChI is InChI=1S/C24H22N2O2/c1-17-7-9-18(10-8-17)23(26-22-6-4-3-5-20(22)16-25-26)15-24(27)19-11-13-21(28-2)14-12-19/h3-14,16,23H,15H2,1-2H3. The minimum Gasteiger partial charge on any atom is -0.497 e. The summed E-state index contributed by atoms with van der Waals surface area (Å²) in [7, 11) is 1.62. The summed E-state index contributed by atoms with van der Waals surface area (Å²) >= 11 is 0. The maximum atomic E-state index is 13.0. The van der Waals surface area contributed by atoms with E-state index < -0.39 is 0 Å². The van der Waals surface area contributed by atoms with Crippen LogP contribution in [0.3, 0.4) is 0 Å². The van der Waals surface area contributed by atoms with E-state index in [0.29, 0.717) is 12.0 Å². The van der Waals surface area contributed by atoms with Gasteiger partial charge in [0.15, 0.2) is 5.78 Å². The van der Waals surface area contributed by atoms with Gasteiger partial charge in [-0.1, -0.05) is 48.0 Å². The summed E-state index contributed by atoms with van der Waals surface area (Å²) in [6, 6.07) is 23.5. The molecule has 0 radical (unpaired) electrons. The summed E-state index contributed by atoms with van der Waals surface area (Å²) < 4.78 is 7.15. The first-order chi connectivity index (χ1) is 13.7. The van der Waals surface area contributed by atoms with Crippen LogP contribution < -0.4 is 4.74 Å². The van der Waals surface area contributed by atoms with Crippen LogP contribution in [-0.2, 0) is 0 Å². The molecule has 1 heterocycles. The Morgan fingerprint density at radius 2 is 1.71 bits per heavy atom. The molecule has 3 aromatic carbocycles. The van der Waals surface area contributed by atoms with Gasteiger partial charge in [-0.3, -0.25) is 9.48 Å². The number of hydrogen-bond acceptors (Lipinski definition) is 3. The number of Topliss-reactive ketones (excluding diaryl/α,β-unsaturated/α-hetero) is 1. The molecule has 0 N–H and O–H groups in total. The third kappa shape index (κ3) is 3.54. The number of fused-ring (bicyclic) bond motifs is 1. The summed E-state index contributed by atoms with van der Waals surface area (Å²) in [5.74, 6) is 0.817. The van der Waals surface area contributed by atoms with Crippen molar-refractivity contribution in [2.24, 2.45) is 0 Å². The maximum Gasteiger partial charge on any atom is 0.165 e. The normalized spacial score (nSPS) is 12.1. The van der Waals surface area contributed by atoms with Crippen molar-refractivity contribution in [3.63, 3.8) is 0 Å². The third-order valence-corrected chi connectivity index (χ3v) is 5.05. The second-order valence-corrected chi connectivity index (χ2v) is 6.93. The lowest BCUT2D eigenvalue weighted by molar-refractivity contribution is 0.0968. The molecular formula is C24H22N2O2. The highest BCUT2D eigenvalue weighted by Crippen LogP contribution is 2.28. The molecule has 0 fully saturated rings. The number of ketones is 1. The monoisotopic (exact) mass is 370 g/mol. The molecule has 0 saturated carbocycles. The van der Waals surface area contributed by atoms with Crippen LogP contribution in [0.4, 0.5) is 0 Å². The lowest BCUT2D eigenvalue weighted by Gasteiger charge is -2.19. The van der Waals surface area contributed by atoms with Gasteiger partial charge in [0.05, 0.1) is 24.9 Å². The molecule has 0 spiro atoms. The number of benzene rings is 3. The predicted molar refractivity (Wildman–Crippen MR) is 111 cm³/mol. The number of aromatic nitrogens is 2. The van der Waals surface area contributed by atoms with Gasteiger partial charge in [-0.05, 0) is 42.8 Å². The van der Waals surface area contributed by atoms with E-state index >= 15 is 0 Å². The number of aryl methyl sites for hydroxylation is 1. The highest BCUT2D eigenvalue weighted by atomic mass is 16.5.